The summed E-state index contributed by atoms with van der Waals surface area (Å²) in [6.45, 7) is 3.88. The predicted molar refractivity (Wildman–Crippen MR) is 72.2 cm³/mol. The van der Waals surface area contributed by atoms with E-state index in [1.165, 1.54) is 18.2 Å². The molecule has 5 heteroatoms. The third-order valence-electron chi connectivity index (χ3n) is 2.71. The number of carbonyl (C=O) groups is 2. The molecule has 0 bridgehead atoms. The molecule has 4 nitrogen and oxygen atoms in total. The Hall–Kier alpha value is -1.91. The molecular weight excluding hydrogens is 247 g/mol. The number of hydrogen-bond donors (Lipinski definition) is 2. The van der Waals surface area contributed by atoms with Gasteiger partial charge in [0.1, 0.15) is 5.82 Å². The van der Waals surface area contributed by atoms with Crippen LogP contribution in [0.25, 0.3) is 0 Å². The van der Waals surface area contributed by atoms with Crippen LogP contribution < -0.4 is 10.6 Å². The number of benzene rings is 1. The van der Waals surface area contributed by atoms with Crippen molar-refractivity contribution in [2.24, 2.45) is 0 Å². The van der Waals surface area contributed by atoms with Crippen LogP contribution in [-0.4, -0.2) is 17.9 Å². The highest BCUT2D eigenvalue weighted by atomic mass is 19.1. The lowest BCUT2D eigenvalue weighted by atomic mass is 10.2. The zero-order chi connectivity index (χ0) is 14.3. The summed E-state index contributed by atoms with van der Waals surface area (Å²) in [6.07, 6.45) is 1.06. The number of carbonyl (C=O) groups excluding carboxylic acids is 2. The standard InChI is InChI=1S/C14H19FN2O2/c1-3-10(2)16-13(18)7-8-14(19)17-12-6-4-5-11(15)9-12/h4-6,9-10H,3,7-8H2,1-2H3,(H,16,18)(H,17,19). The zero-order valence-electron chi connectivity index (χ0n) is 11.2. The highest BCUT2D eigenvalue weighted by molar-refractivity contribution is 5.93. The summed E-state index contributed by atoms with van der Waals surface area (Å²) in [4.78, 5) is 23.0. The van der Waals surface area contributed by atoms with Gasteiger partial charge in [-0.25, -0.2) is 4.39 Å². The molecule has 1 aromatic rings. The van der Waals surface area contributed by atoms with Crippen LogP contribution in [0.4, 0.5) is 10.1 Å². The van der Waals surface area contributed by atoms with Crippen molar-refractivity contribution in [3.8, 4) is 0 Å². The van der Waals surface area contributed by atoms with E-state index >= 15 is 0 Å². The number of rotatable bonds is 6. The first-order valence-corrected chi connectivity index (χ1v) is 6.36. The molecule has 2 amide bonds. The average molecular weight is 266 g/mol. The van der Waals surface area contributed by atoms with Crippen LogP contribution in [0.3, 0.4) is 0 Å². The van der Waals surface area contributed by atoms with Crippen molar-refractivity contribution < 1.29 is 14.0 Å². The first kappa shape index (κ1) is 15.1. The summed E-state index contributed by atoms with van der Waals surface area (Å²) in [7, 11) is 0. The number of anilines is 1. The van der Waals surface area contributed by atoms with Gasteiger partial charge in [-0.05, 0) is 31.5 Å². The minimum Gasteiger partial charge on any atom is -0.354 e. The predicted octanol–water partition coefficient (Wildman–Crippen LogP) is 2.46. The number of halogens is 1. The van der Waals surface area contributed by atoms with Gasteiger partial charge in [0, 0.05) is 24.6 Å². The maximum Gasteiger partial charge on any atom is 0.224 e. The van der Waals surface area contributed by atoms with Gasteiger partial charge in [0.25, 0.3) is 0 Å². The molecule has 0 spiro atoms. The van der Waals surface area contributed by atoms with Gasteiger partial charge in [-0.3, -0.25) is 9.59 Å². The van der Waals surface area contributed by atoms with Gasteiger partial charge in [-0.15, -0.1) is 0 Å². The van der Waals surface area contributed by atoms with Crippen molar-refractivity contribution in [3.05, 3.63) is 30.1 Å². The summed E-state index contributed by atoms with van der Waals surface area (Å²) in [5, 5.41) is 5.33. The molecule has 0 radical (unpaired) electrons. The van der Waals surface area contributed by atoms with Crippen LogP contribution in [0.1, 0.15) is 33.1 Å². The molecule has 104 valence electrons. The third-order valence-corrected chi connectivity index (χ3v) is 2.71. The smallest absolute Gasteiger partial charge is 0.224 e. The molecule has 19 heavy (non-hydrogen) atoms. The van der Waals surface area contributed by atoms with Crippen LogP contribution in [-0.2, 0) is 9.59 Å². The lowest BCUT2D eigenvalue weighted by Gasteiger charge is -2.11. The van der Waals surface area contributed by atoms with Gasteiger partial charge < -0.3 is 10.6 Å². The quantitative estimate of drug-likeness (QED) is 0.831. The molecule has 1 rings (SSSR count). The Morgan fingerprint density at radius 3 is 2.58 bits per heavy atom. The van der Waals surface area contributed by atoms with E-state index in [-0.39, 0.29) is 30.7 Å². The topological polar surface area (TPSA) is 58.2 Å². The average Bonchev–Trinajstić information content (AvgIpc) is 2.36. The van der Waals surface area contributed by atoms with E-state index < -0.39 is 5.82 Å². The van der Waals surface area contributed by atoms with Crippen molar-refractivity contribution >= 4 is 17.5 Å². The molecule has 0 aliphatic carbocycles. The largest absolute Gasteiger partial charge is 0.354 e. The van der Waals surface area contributed by atoms with Gasteiger partial charge in [0.15, 0.2) is 0 Å². The van der Waals surface area contributed by atoms with Gasteiger partial charge >= 0.3 is 0 Å². The maximum absolute atomic E-state index is 12.9. The second-order valence-electron chi connectivity index (χ2n) is 4.44. The first-order chi connectivity index (χ1) is 9.01. The van der Waals surface area contributed by atoms with Crippen LogP contribution in [0.15, 0.2) is 24.3 Å². The van der Waals surface area contributed by atoms with Crippen molar-refractivity contribution in [2.45, 2.75) is 39.2 Å². The molecule has 1 aromatic carbocycles. The Morgan fingerprint density at radius 2 is 1.95 bits per heavy atom. The van der Waals surface area contributed by atoms with Gasteiger partial charge in [0.05, 0.1) is 0 Å². The molecular formula is C14H19FN2O2. The normalized spacial score (nSPS) is 11.7. The summed E-state index contributed by atoms with van der Waals surface area (Å²) in [5.41, 5.74) is 0.396. The molecule has 0 aliphatic heterocycles. The molecule has 0 aliphatic rings. The summed E-state index contributed by atoms with van der Waals surface area (Å²) in [6, 6.07) is 5.76. The number of amides is 2. The minimum atomic E-state index is -0.410. The molecule has 0 saturated carbocycles. The molecule has 1 atom stereocenters. The Kier molecular flexibility index (Phi) is 5.99. The summed E-state index contributed by atoms with van der Waals surface area (Å²) in [5.74, 6) is -0.860. The van der Waals surface area contributed by atoms with Crippen LogP contribution in [0.5, 0.6) is 0 Å². The number of hydrogen-bond acceptors (Lipinski definition) is 2. The van der Waals surface area contributed by atoms with Gasteiger partial charge in [0.2, 0.25) is 11.8 Å². The molecule has 0 fully saturated rings. The van der Waals surface area contributed by atoms with Crippen molar-refractivity contribution in [2.75, 3.05) is 5.32 Å². The lowest BCUT2D eigenvalue weighted by molar-refractivity contribution is -0.124. The van der Waals surface area contributed by atoms with E-state index in [0.717, 1.165) is 6.42 Å². The van der Waals surface area contributed by atoms with E-state index in [1.807, 2.05) is 13.8 Å². The zero-order valence-corrected chi connectivity index (χ0v) is 11.2. The van der Waals surface area contributed by atoms with E-state index in [2.05, 4.69) is 10.6 Å². The van der Waals surface area contributed by atoms with Crippen LogP contribution in [0, 0.1) is 5.82 Å². The van der Waals surface area contributed by atoms with Gasteiger partial charge in [-0.2, -0.15) is 0 Å². The van der Waals surface area contributed by atoms with Crippen LogP contribution in [0.2, 0.25) is 0 Å². The molecule has 0 saturated heterocycles. The minimum absolute atomic E-state index is 0.0821. The van der Waals surface area contributed by atoms with Gasteiger partial charge in [-0.1, -0.05) is 13.0 Å². The fourth-order valence-electron chi connectivity index (χ4n) is 1.47. The monoisotopic (exact) mass is 266 g/mol. The molecule has 2 N–H and O–H groups in total. The fourth-order valence-corrected chi connectivity index (χ4v) is 1.47. The van der Waals surface area contributed by atoms with E-state index in [9.17, 15) is 14.0 Å². The van der Waals surface area contributed by atoms with Crippen molar-refractivity contribution in [1.82, 2.24) is 5.32 Å². The molecule has 0 heterocycles. The summed E-state index contributed by atoms with van der Waals surface area (Å²) < 4.78 is 12.9. The van der Waals surface area contributed by atoms with E-state index in [1.54, 1.807) is 6.07 Å². The Morgan fingerprint density at radius 1 is 1.26 bits per heavy atom. The highest BCUT2D eigenvalue weighted by Crippen LogP contribution is 2.09. The Labute approximate surface area is 112 Å². The fraction of sp³-hybridized carbons (Fsp3) is 0.429. The second-order valence-corrected chi connectivity index (χ2v) is 4.44. The SMILES string of the molecule is CCC(C)NC(=O)CCC(=O)Nc1cccc(F)c1. The molecule has 0 aromatic heterocycles. The Bertz CT molecular complexity index is 449. The number of nitrogens with one attached hydrogen (secondary N) is 2. The maximum atomic E-state index is 12.9. The van der Waals surface area contributed by atoms with Crippen molar-refractivity contribution in [1.29, 1.82) is 0 Å². The van der Waals surface area contributed by atoms with E-state index in [4.69, 9.17) is 0 Å². The van der Waals surface area contributed by atoms with E-state index in [0.29, 0.717) is 5.69 Å². The lowest BCUT2D eigenvalue weighted by Crippen LogP contribution is -2.32. The van der Waals surface area contributed by atoms with Crippen molar-refractivity contribution in [3.63, 3.8) is 0 Å². The third kappa shape index (κ3) is 5.99. The first-order valence-electron chi connectivity index (χ1n) is 6.36. The Balaban J connectivity index is 2.34. The molecule has 1 unspecified atom stereocenters. The highest BCUT2D eigenvalue weighted by Gasteiger charge is 2.09. The summed E-state index contributed by atoms with van der Waals surface area (Å²) >= 11 is 0. The van der Waals surface area contributed by atoms with Crippen LogP contribution >= 0.6 is 0 Å². The second kappa shape index (κ2) is 7.51.